The fourth-order valence-electron chi connectivity index (χ4n) is 8.74. The Morgan fingerprint density at radius 2 is 1.70 bits per heavy atom. The molecule has 0 aromatic carbocycles. The van der Waals surface area contributed by atoms with Gasteiger partial charge in [0.1, 0.15) is 11.8 Å². The first kappa shape index (κ1) is 21.0. The first-order chi connectivity index (χ1) is 14.0. The molecule has 1 saturated heterocycles. The Balaban J connectivity index is 1.36. The van der Waals surface area contributed by atoms with E-state index in [1.807, 2.05) is 13.8 Å². The van der Waals surface area contributed by atoms with Crippen LogP contribution in [0.2, 0.25) is 0 Å². The molecule has 4 unspecified atom stereocenters. The molecule has 5 aliphatic rings. The van der Waals surface area contributed by atoms with E-state index in [4.69, 9.17) is 9.57 Å². The third-order valence-corrected chi connectivity index (χ3v) is 10.4. The number of fused-ring (bicyclic) bond motifs is 5. The van der Waals surface area contributed by atoms with Crippen molar-refractivity contribution >= 4 is 0 Å². The van der Waals surface area contributed by atoms with E-state index in [0.717, 1.165) is 51.4 Å². The lowest BCUT2D eigenvalue weighted by atomic mass is 9.44. The van der Waals surface area contributed by atoms with Crippen LogP contribution in [0.25, 0.3) is 0 Å². The second-order valence-electron chi connectivity index (χ2n) is 12.1. The average molecular weight is 422 g/mol. The summed E-state index contributed by atoms with van der Waals surface area (Å²) in [6, 6.07) is 0. The van der Waals surface area contributed by atoms with Gasteiger partial charge in [0.15, 0.2) is 0 Å². The van der Waals surface area contributed by atoms with E-state index in [0.29, 0.717) is 30.3 Å². The molecule has 1 spiro atoms. The first-order valence-corrected chi connectivity index (χ1v) is 11.9. The third-order valence-electron chi connectivity index (χ3n) is 10.4. The summed E-state index contributed by atoms with van der Waals surface area (Å²) in [5.74, 6) is 2.32. The summed E-state index contributed by atoms with van der Waals surface area (Å²) in [7, 11) is 0. The topological polar surface area (TPSA) is 84.7 Å². The van der Waals surface area contributed by atoms with Crippen molar-refractivity contribution < 1.29 is 19.9 Å². The summed E-state index contributed by atoms with van der Waals surface area (Å²) < 4.78 is 6.21. The molecule has 1 heterocycles. The van der Waals surface area contributed by atoms with E-state index < -0.39 is 16.4 Å². The van der Waals surface area contributed by atoms with E-state index in [-0.39, 0.29) is 16.9 Å². The molecule has 30 heavy (non-hydrogen) atoms. The van der Waals surface area contributed by atoms with E-state index in [2.05, 4.69) is 13.8 Å². The predicted octanol–water partition coefficient (Wildman–Crippen LogP) is 4.76. The molecule has 0 aromatic rings. The lowest BCUT2D eigenvalue weighted by Crippen LogP contribution is -2.59. The van der Waals surface area contributed by atoms with Crippen LogP contribution in [0.3, 0.4) is 0 Å². The molecule has 4 saturated carbocycles. The lowest BCUT2D eigenvalue weighted by molar-refractivity contribution is -0.772. The second kappa shape index (κ2) is 6.55. The van der Waals surface area contributed by atoms with Crippen molar-refractivity contribution in [1.29, 1.82) is 0 Å². The van der Waals surface area contributed by atoms with Crippen LogP contribution in [0.15, 0.2) is 0 Å². The molecule has 1 radical (unpaired) electrons. The Hall–Kier alpha value is -0.920. The van der Waals surface area contributed by atoms with Gasteiger partial charge in [-0.25, -0.2) is 0 Å². The minimum atomic E-state index is -0.623. The molecule has 0 aromatic heterocycles. The van der Waals surface area contributed by atoms with Gasteiger partial charge in [-0.15, -0.1) is 20.4 Å². The maximum atomic E-state index is 13.1. The van der Waals surface area contributed by atoms with Gasteiger partial charge in [-0.3, -0.25) is 0 Å². The summed E-state index contributed by atoms with van der Waals surface area (Å²) in [6.45, 7) is 9.21. The minimum absolute atomic E-state index is 0.0717. The van der Waals surface area contributed by atoms with Crippen LogP contribution in [0.5, 0.6) is 0 Å². The van der Waals surface area contributed by atoms with Gasteiger partial charge in [0, 0.05) is 0 Å². The highest BCUT2D eigenvalue weighted by Gasteiger charge is 2.64. The molecule has 169 valence electrons. The minimum Gasteiger partial charge on any atom is -0.356 e. The van der Waals surface area contributed by atoms with Gasteiger partial charge < -0.3 is 9.57 Å². The Morgan fingerprint density at radius 1 is 0.967 bits per heavy atom. The first-order valence-electron chi connectivity index (χ1n) is 11.9. The molecule has 7 nitrogen and oxygen atoms in total. The zero-order chi connectivity index (χ0) is 21.5. The smallest absolute Gasteiger partial charge is 0.294 e. The molecule has 5 fully saturated rings. The van der Waals surface area contributed by atoms with Crippen LogP contribution >= 0.6 is 0 Å². The van der Waals surface area contributed by atoms with Crippen LogP contribution in [-0.4, -0.2) is 34.1 Å². The highest BCUT2D eigenvalue weighted by molar-refractivity contribution is 5.11. The fourth-order valence-corrected chi connectivity index (χ4v) is 8.74. The Labute approximate surface area is 179 Å². The number of hydrogen-bond acceptors (Lipinski definition) is 5. The molecule has 5 rings (SSSR count). The van der Waals surface area contributed by atoms with Gasteiger partial charge in [-0.05, 0) is 106 Å². The quantitative estimate of drug-likeness (QED) is 0.474. The number of hydroxylamine groups is 2. The van der Waals surface area contributed by atoms with Gasteiger partial charge in [0.05, 0.1) is 12.1 Å². The summed E-state index contributed by atoms with van der Waals surface area (Å²) >= 11 is 0. The van der Waals surface area contributed by atoms with Crippen molar-refractivity contribution in [3.63, 3.8) is 0 Å². The molecule has 0 N–H and O–H groups in total. The maximum Gasteiger partial charge on any atom is 0.294 e. The molecule has 7 heteroatoms. The monoisotopic (exact) mass is 421 g/mol. The maximum absolute atomic E-state index is 13.1. The normalized spacial score (nSPS) is 52.5. The molecule has 1 aliphatic heterocycles. The van der Waals surface area contributed by atoms with Crippen molar-refractivity contribution in [2.24, 2.45) is 34.5 Å². The van der Waals surface area contributed by atoms with Crippen molar-refractivity contribution in [2.75, 3.05) is 6.61 Å². The Bertz CT molecular complexity index is 730. The molecule has 0 bridgehead atoms. The van der Waals surface area contributed by atoms with Crippen LogP contribution in [0.4, 0.5) is 0 Å². The number of rotatable bonds is 2. The zero-order valence-corrected chi connectivity index (χ0v) is 18.9. The van der Waals surface area contributed by atoms with Gasteiger partial charge in [-0.1, -0.05) is 13.8 Å². The van der Waals surface area contributed by atoms with Gasteiger partial charge >= 0.3 is 0 Å². The van der Waals surface area contributed by atoms with Crippen molar-refractivity contribution in [2.45, 2.75) is 103 Å². The molecule has 8 atom stereocenters. The van der Waals surface area contributed by atoms with E-state index in [1.165, 1.54) is 11.5 Å². The summed E-state index contributed by atoms with van der Waals surface area (Å²) in [6.07, 6.45) is 8.80. The highest BCUT2D eigenvalue weighted by atomic mass is 17.0. The summed E-state index contributed by atoms with van der Waals surface area (Å²) in [5, 5.41) is 24.8. The highest BCUT2D eigenvalue weighted by Crippen LogP contribution is 2.68. The number of nitrogens with zero attached hydrogens (tertiary/aromatic N) is 2. The van der Waals surface area contributed by atoms with Crippen molar-refractivity contribution in [3.05, 3.63) is 10.1 Å². The fraction of sp³-hybridized carbons (Fsp3) is 1.00. The van der Waals surface area contributed by atoms with Gasteiger partial charge in [0.25, 0.3) is 5.09 Å². The largest absolute Gasteiger partial charge is 0.356 e. The van der Waals surface area contributed by atoms with E-state index in [9.17, 15) is 15.3 Å². The zero-order valence-electron chi connectivity index (χ0n) is 18.9. The Morgan fingerprint density at radius 3 is 2.37 bits per heavy atom. The second-order valence-corrected chi connectivity index (χ2v) is 12.1. The number of ether oxygens (including phenoxy) is 1. The molecule has 0 amide bonds. The van der Waals surface area contributed by atoms with Crippen LogP contribution < -0.4 is 0 Å². The van der Waals surface area contributed by atoms with Crippen LogP contribution in [0.1, 0.15) is 85.5 Å². The number of hydrogen-bond donors (Lipinski definition) is 0. The SMILES string of the molecule is CC1(C)COC2(CC[C@]3(C)C4CC[C@@]5(C)C(CC[C@H]5O[N+](=O)[O-])C4CC[C@H]3C2)N1[O]. The van der Waals surface area contributed by atoms with E-state index in [1.54, 1.807) is 0 Å². The predicted molar refractivity (Wildman–Crippen MR) is 109 cm³/mol. The molecule has 4 aliphatic carbocycles. The van der Waals surface area contributed by atoms with Gasteiger partial charge in [-0.2, -0.15) is 0 Å². The van der Waals surface area contributed by atoms with Crippen LogP contribution in [-0.2, 0) is 14.8 Å². The van der Waals surface area contributed by atoms with Crippen molar-refractivity contribution in [1.82, 2.24) is 5.06 Å². The molecular formula is C23H37N2O5. The van der Waals surface area contributed by atoms with Gasteiger partial charge in [0.2, 0.25) is 0 Å². The van der Waals surface area contributed by atoms with E-state index >= 15 is 0 Å². The lowest BCUT2D eigenvalue weighted by Gasteiger charge is -2.62. The summed E-state index contributed by atoms with van der Waals surface area (Å²) in [4.78, 5) is 16.2. The summed E-state index contributed by atoms with van der Waals surface area (Å²) in [5.41, 5.74) is -0.888. The average Bonchev–Trinajstić information content (AvgIpc) is 3.12. The standard InChI is InChI=1S/C23H37N2O5/c1-20(2)14-29-23(24(20)26)12-11-21(3)15(13-23)5-6-16-17-7-8-19(30-25(27)28)22(17,4)10-9-18(16)21/h15-19H,5-14H2,1-4H3/t15-,16?,17?,18?,19+,21-,22-,23?/m0/s1. The Kier molecular flexibility index (Phi) is 4.57. The van der Waals surface area contributed by atoms with Crippen molar-refractivity contribution in [3.8, 4) is 0 Å². The molecular weight excluding hydrogens is 384 g/mol. The van der Waals surface area contributed by atoms with Crippen LogP contribution in [0, 0.1) is 44.6 Å². The third kappa shape index (κ3) is 2.73.